The Morgan fingerprint density at radius 1 is 1.45 bits per heavy atom. The van der Waals surface area contributed by atoms with Crippen LogP contribution >= 0.6 is 34.7 Å². The van der Waals surface area contributed by atoms with E-state index in [0.717, 1.165) is 16.2 Å². The standard InChI is InChI=1S/C21H20ClN7O7S2/c1-8(19(32)33)36-27-12(11-15(22)38-21(24)26-11)16(30)25-13-17(31)29-14(20(34)35)9(7-37-18(13)29)5-28-4-2-3-10(23)6-28/h2-4,6,8,13,18H,5,7,23H2,1H3,(H4-,24,25,26,30,32,33,34,35)/b27-12-/t8-,13?,18?/m0/s1. The van der Waals surface area contributed by atoms with Crippen molar-refractivity contribution in [2.45, 2.75) is 31.0 Å². The number of halogens is 1. The zero-order valence-corrected chi connectivity index (χ0v) is 21.9. The number of β-lactam (4-membered cyclic amide) rings is 1. The number of thiazole rings is 1. The third kappa shape index (κ3) is 5.36. The van der Waals surface area contributed by atoms with Gasteiger partial charge in [-0.25, -0.2) is 9.78 Å². The molecule has 2 aliphatic rings. The minimum absolute atomic E-state index is 0.0116. The van der Waals surface area contributed by atoms with Crippen LogP contribution < -0.4 is 26.5 Å². The van der Waals surface area contributed by atoms with Gasteiger partial charge in [-0.1, -0.05) is 28.1 Å². The van der Waals surface area contributed by atoms with Crippen LogP contribution in [-0.4, -0.2) is 67.7 Å². The molecule has 2 aromatic heterocycles. The van der Waals surface area contributed by atoms with Crippen LogP contribution in [0.2, 0.25) is 4.34 Å². The summed E-state index contributed by atoms with van der Waals surface area (Å²) in [5, 5.41) is 26.4. The molecule has 17 heteroatoms. The molecular weight excluding hydrogens is 562 g/mol. The Kier molecular flexibility index (Phi) is 7.75. The summed E-state index contributed by atoms with van der Waals surface area (Å²) in [4.78, 5) is 59.1. The van der Waals surface area contributed by atoms with Gasteiger partial charge in [0.05, 0.1) is 17.4 Å². The first kappa shape index (κ1) is 27.2. The van der Waals surface area contributed by atoms with Crippen LogP contribution in [0.1, 0.15) is 12.6 Å². The van der Waals surface area contributed by atoms with Gasteiger partial charge in [0.1, 0.15) is 21.4 Å². The van der Waals surface area contributed by atoms with Crippen LogP contribution in [0.25, 0.3) is 0 Å². The van der Waals surface area contributed by atoms with Gasteiger partial charge < -0.3 is 36.6 Å². The monoisotopic (exact) mass is 581 g/mol. The van der Waals surface area contributed by atoms with E-state index in [1.807, 2.05) is 0 Å². The van der Waals surface area contributed by atoms with Crippen molar-refractivity contribution in [2.24, 2.45) is 5.16 Å². The van der Waals surface area contributed by atoms with E-state index in [2.05, 4.69) is 15.5 Å². The molecule has 4 rings (SSSR count). The number of carbonyl (C=O) groups excluding carboxylic acids is 3. The van der Waals surface area contributed by atoms with E-state index in [1.54, 1.807) is 29.1 Å². The molecule has 1 fully saturated rings. The highest BCUT2D eigenvalue weighted by Gasteiger charge is 2.53. The van der Waals surface area contributed by atoms with Crippen molar-refractivity contribution in [1.82, 2.24) is 15.2 Å². The third-order valence-corrected chi connectivity index (χ3v) is 7.90. The predicted molar refractivity (Wildman–Crippen MR) is 134 cm³/mol. The number of oxime groups is 1. The fourth-order valence-corrected chi connectivity index (χ4v) is 5.96. The summed E-state index contributed by atoms with van der Waals surface area (Å²) in [6.07, 6.45) is 1.93. The topological polar surface area (TPSA) is 217 Å². The first-order valence-electron chi connectivity index (χ1n) is 10.8. The van der Waals surface area contributed by atoms with Crippen molar-refractivity contribution in [3.05, 3.63) is 45.8 Å². The number of carboxylic acid groups (broad SMARTS) is 2. The fraction of sp³-hybridized carbons (Fsp3) is 0.286. The summed E-state index contributed by atoms with van der Waals surface area (Å²) in [5.41, 5.74) is 11.4. The van der Waals surface area contributed by atoms with Crippen molar-refractivity contribution in [3.63, 3.8) is 0 Å². The number of hydrogen-bond donors (Lipinski definition) is 4. The summed E-state index contributed by atoms with van der Waals surface area (Å²) in [6, 6.07) is 2.26. The zero-order chi connectivity index (χ0) is 27.7. The number of carbonyl (C=O) groups is 4. The van der Waals surface area contributed by atoms with Crippen LogP contribution in [0.5, 0.6) is 0 Å². The average Bonchev–Trinajstić information content (AvgIpc) is 3.19. The fourth-order valence-electron chi connectivity index (χ4n) is 3.70. The van der Waals surface area contributed by atoms with Crippen molar-refractivity contribution in [2.75, 3.05) is 17.2 Å². The quantitative estimate of drug-likeness (QED) is 0.116. The minimum atomic E-state index is -1.53. The average molecular weight is 582 g/mol. The number of aromatic nitrogens is 2. The number of hydrogen-bond acceptors (Lipinski definition) is 12. The lowest BCUT2D eigenvalue weighted by Gasteiger charge is -2.50. The first-order valence-corrected chi connectivity index (χ1v) is 13.0. The lowest BCUT2D eigenvalue weighted by Crippen LogP contribution is -2.71. The molecule has 2 unspecified atom stereocenters. The number of nitrogens with two attached hydrogens (primary N) is 2. The van der Waals surface area contributed by atoms with Gasteiger partial charge in [-0.3, -0.25) is 14.5 Å². The molecule has 14 nitrogen and oxygen atoms in total. The number of nitrogens with one attached hydrogen (secondary N) is 1. The SMILES string of the molecule is C[C@H](O/N=C(\C(=O)NC1C(=O)N2C(C(=O)[O-])=C(C[n+]3cccc(N)c3)CSC12)c1nc(N)sc1Cl)C(=O)O. The Balaban J connectivity index is 1.56. The molecule has 200 valence electrons. The highest BCUT2D eigenvalue weighted by atomic mass is 35.5. The van der Waals surface area contributed by atoms with Crippen LogP contribution in [0, 0.1) is 0 Å². The maximum atomic E-state index is 13.1. The highest BCUT2D eigenvalue weighted by molar-refractivity contribution is 8.00. The molecule has 1 saturated heterocycles. The highest BCUT2D eigenvalue weighted by Crippen LogP contribution is 2.40. The summed E-state index contributed by atoms with van der Waals surface area (Å²) in [5.74, 6) is -4.27. The molecule has 0 bridgehead atoms. The van der Waals surface area contributed by atoms with Crippen LogP contribution in [0.4, 0.5) is 10.8 Å². The maximum Gasteiger partial charge on any atom is 0.347 e. The number of carboxylic acids is 2. The van der Waals surface area contributed by atoms with Crippen LogP contribution in [0.15, 0.2) is 41.0 Å². The van der Waals surface area contributed by atoms with Crippen LogP contribution in [-0.2, 0) is 30.6 Å². The van der Waals surface area contributed by atoms with Crippen molar-refractivity contribution < 1.29 is 38.8 Å². The van der Waals surface area contributed by atoms with Gasteiger partial charge in [-0.2, -0.15) is 4.57 Å². The number of nitrogens with zero attached hydrogens (tertiary/aromatic N) is 4. The zero-order valence-electron chi connectivity index (χ0n) is 19.5. The Morgan fingerprint density at radius 2 is 2.18 bits per heavy atom. The molecule has 0 saturated carbocycles. The van der Waals surface area contributed by atoms with Gasteiger partial charge in [0, 0.05) is 17.4 Å². The molecule has 3 atom stereocenters. The Bertz CT molecular complexity index is 1400. The van der Waals surface area contributed by atoms with E-state index in [0.29, 0.717) is 11.3 Å². The molecule has 0 aliphatic carbocycles. The Labute approximate surface area is 227 Å². The minimum Gasteiger partial charge on any atom is -0.543 e. The number of aliphatic carboxylic acids is 2. The third-order valence-electron chi connectivity index (χ3n) is 5.47. The van der Waals surface area contributed by atoms with E-state index >= 15 is 0 Å². The molecule has 2 aromatic rings. The maximum absolute atomic E-state index is 13.1. The van der Waals surface area contributed by atoms with Gasteiger partial charge in [0.15, 0.2) is 29.8 Å². The first-order chi connectivity index (χ1) is 18.0. The van der Waals surface area contributed by atoms with Gasteiger partial charge in [-0.15, -0.1) is 11.8 Å². The second kappa shape index (κ2) is 10.8. The van der Waals surface area contributed by atoms with Crippen molar-refractivity contribution in [3.8, 4) is 0 Å². The Morgan fingerprint density at radius 3 is 2.79 bits per heavy atom. The summed E-state index contributed by atoms with van der Waals surface area (Å²) >= 11 is 8.20. The smallest absolute Gasteiger partial charge is 0.347 e. The van der Waals surface area contributed by atoms with E-state index < -0.39 is 47.0 Å². The summed E-state index contributed by atoms with van der Waals surface area (Å²) in [6.45, 7) is 1.35. The molecule has 2 aliphatic heterocycles. The summed E-state index contributed by atoms with van der Waals surface area (Å²) in [7, 11) is 0. The molecule has 2 amide bonds. The number of thioether (sulfide) groups is 1. The lowest BCUT2D eigenvalue weighted by atomic mass is 10.0. The van der Waals surface area contributed by atoms with Gasteiger partial charge in [0.2, 0.25) is 6.10 Å². The largest absolute Gasteiger partial charge is 0.543 e. The molecule has 0 radical (unpaired) electrons. The van der Waals surface area contributed by atoms with E-state index in [4.69, 9.17) is 33.0 Å². The lowest BCUT2D eigenvalue weighted by molar-refractivity contribution is -0.688. The van der Waals surface area contributed by atoms with Gasteiger partial charge in [-0.05, 0) is 13.0 Å². The number of amides is 2. The molecular formula is C21H20ClN7O7S2. The molecule has 4 heterocycles. The molecule has 0 spiro atoms. The second-order valence-corrected chi connectivity index (χ2v) is 10.8. The van der Waals surface area contributed by atoms with Gasteiger partial charge in [0.25, 0.3) is 11.8 Å². The number of anilines is 2. The predicted octanol–water partition coefficient (Wildman–Crippen LogP) is -1.45. The van der Waals surface area contributed by atoms with Crippen molar-refractivity contribution >= 4 is 75.0 Å². The van der Waals surface area contributed by atoms with Crippen LogP contribution in [0.3, 0.4) is 0 Å². The van der Waals surface area contributed by atoms with E-state index in [-0.39, 0.29) is 33.2 Å². The summed E-state index contributed by atoms with van der Waals surface area (Å²) < 4.78 is 1.67. The number of nitrogen functional groups attached to an aromatic ring is 2. The van der Waals surface area contributed by atoms with Gasteiger partial charge >= 0.3 is 5.97 Å². The second-order valence-electron chi connectivity index (χ2n) is 8.11. The number of pyridine rings is 1. The number of fused-ring (bicyclic) bond motifs is 1. The molecule has 38 heavy (non-hydrogen) atoms. The van der Waals surface area contributed by atoms with E-state index in [9.17, 15) is 24.3 Å². The van der Waals surface area contributed by atoms with E-state index in [1.165, 1.54) is 18.7 Å². The number of rotatable bonds is 9. The molecule has 6 N–H and O–H groups in total. The normalized spacial score (nSPS) is 19.9. The van der Waals surface area contributed by atoms with Crippen molar-refractivity contribution in [1.29, 1.82) is 0 Å². The Hall–Kier alpha value is -3.89. The molecule has 0 aromatic carbocycles.